The van der Waals surface area contributed by atoms with E-state index in [1.54, 1.807) is 12.4 Å². The molecule has 1 saturated heterocycles. The van der Waals surface area contributed by atoms with Crippen LogP contribution in [-0.2, 0) is 16.1 Å². The van der Waals surface area contributed by atoms with Gasteiger partial charge in [-0.05, 0) is 13.0 Å². The molecule has 0 aliphatic carbocycles. The number of aromatic amines is 1. The first-order chi connectivity index (χ1) is 11.1. The number of rotatable bonds is 4. The van der Waals surface area contributed by atoms with Gasteiger partial charge < -0.3 is 19.9 Å². The average molecular weight is 316 g/mol. The highest BCUT2D eigenvalue weighted by Gasteiger charge is 2.25. The van der Waals surface area contributed by atoms with Gasteiger partial charge in [0.15, 0.2) is 0 Å². The van der Waals surface area contributed by atoms with Gasteiger partial charge in [0.05, 0.1) is 31.6 Å². The van der Waals surface area contributed by atoms with E-state index in [4.69, 9.17) is 4.74 Å². The summed E-state index contributed by atoms with van der Waals surface area (Å²) in [6.45, 7) is 5.86. The van der Waals surface area contributed by atoms with Gasteiger partial charge in [0.25, 0.3) is 0 Å². The third-order valence-corrected chi connectivity index (χ3v) is 3.63. The monoisotopic (exact) mass is 316 g/mol. The van der Waals surface area contributed by atoms with E-state index in [2.05, 4.69) is 30.2 Å². The molecule has 0 spiro atoms. The lowest BCUT2D eigenvalue weighted by Crippen LogP contribution is -2.39. The smallest absolute Gasteiger partial charge is 0.217 e. The quantitative estimate of drug-likeness (QED) is 0.863. The maximum Gasteiger partial charge on any atom is 0.217 e. The van der Waals surface area contributed by atoms with Crippen LogP contribution < -0.4 is 10.2 Å². The van der Waals surface area contributed by atoms with Crippen molar-refractivity contribution in [1.82, 2.24) is 25.3 Å². The zero-order valence-corrected chi connectivity index (χ0v) is 13.2. The lowest BCUT2D eigenvalue weighted by atomic mass is 10.2. The molecular formula is C15H20N6O2. The Bertz CT molecular complexity index is 686. The number of morpholine rings is 1. The van der Waals surface area contributed by atoms with E-state index in [9.17, 15) is 4.79 Å². The number of amides is 1. The maximum atomic E-state index is 11.0. The number of hydrogen-bond acceptors (Lipinski definition) is 6. The van der Waals surface area contributed by atoms with Gasteiger partial charge in [0.2, 0.25) is 5.91 Å². The second-order valence-corrected chi connectivity index (χ2v) is 5.47. The molecule has 2 aromatic heterocycles. The third kappa shape index (κ3) is 3.84. The zero-order valence-electron chi connectivity index (χ0n) is 13.2. The Hall–Kier alpha value is -2.48. The lowest BCUT2D eigenvalue weighted by molar-refractivity contribution is -0.119. The molecule has 1 amide bonds. The van der Waals surface area contributed by atoms with E-state index in [-0.39, 0.29) is 12.0 Å². The highest BCUT2D eigenvalue weighted by molar-refractivity contribution is 5.72. The number of ether oxygens (including phenoxy) is 1. The van der Waals surface area contributed by atoms with Gasteiger partial charge in [0.1, 0.15) is 23.6 Å². The molecule has 1 aliphatic heterocycles. The summed E-state index contributed by atoms with van der Waals surface area (Å²) >= 11 is 0. The number of H-pyrrole nitrogens is 1. The Kier molecular flexibility index (Phi) is 4.52. The number of aryl methyl sites for hydroxylation is 1. The van der Waals surface area contributed by atoms with Crippen molar-refractivity contribution in [3.05, 3.63) is 35.8 Å². The minimum Gasteiger partial charge on any atom is -0.367 e. The molecule has 2 aromatic rings. The fraction of sp³-hybridized carbons (Fsp3) is 0.467. The molecule has 1 atom stereocenters. The molecule has 0 bridgehead atoms. The van der Waals surface area contributed by atoms with E-state index in [1.807, 2.05) is 13.0 Å². The first-order valence-electron chi connectivity index (χ1n) is 7.56. The molecule has 23 heavy (non-hydrogen) atoms. The zero-order chi connectivity index (χ0) is 16.2. The summed E-state index contributed by atoms with van der Waals surface area (Å²) in [7, 11) is 0. The van der Waals surface area contributed by atoms with Crippen molar-refractivity contribution >= 4 is 11.7 Å². The van der Waals surface area contributed by atoms with E-state index in [0.29, 0.717) is 19.7 Å². The summed E-state index contributed by atoms with van der Waals surface area (Å²) in [5.74, 6) is 2.35. The fourth-order valence-electron chi connectivity index (χ4n) is 2.49. The Balaban J connectivity index is 1.67. The van der Waals surface area contributed by atoms with Crippen LogP contribution in [0.5, 0.6) is 0 Å². The van der Waals surface area contributed by atoms with Crippen LogP contribution in [-0.4, -0.2) is 45.5 Å². The molecule has 1 unspecified atom stereocenters. The van der Waals surface area contributed by atoms with Crippen molar-refractivity contribution in [2.24, 2.45) is 0 Å². The summed E-state index contributed by atoms with van der Waals surface area (Å²) in [6, 6.07) is 1.90. The van der Waals surface area contributed by atoms with E-state index in [0.717, 1.165) is 29.7 Å². The predicted molar refractivity (Wildman–Crippen MR) is 83.8 cm³/mol. The maximum absolute atomic E-state index is 11.0. The standard InChI is InChI=1S/C15H20N6O2/c1-10-16-4-3-14(19-10)21-5-6-23-13(9-21)15-18-8-12(20-15)7-17-11(2)22/h3-4,8,13H,5-7,9H2,1-2H3,(H,17,22)(H,18,20). The fourth-order valence-corrected chi connectivity index (χ4v) is 2.49. The van der Waals surface area contributed by atoms with E-state index < -0.39 is 0 Å². The highest BCUT2D eigenvalue weighted by atomic mass is 16.5. The van der Waals surface area contributed by atoms with Gasteiger partial charge in [-0.25, -0.2) is 15.0 Å². The van der Waals surface area contributed by atoms with Gasteiger partial charge in [-0.15, -0.1) is 0 Å². The number of carbonyl (C=O) groups excluding carboxylic acids is 1. The molecule has 0 radical (unpaired) electrons. The SMILES string of the molecule is CC(=O)NCc1cnc(C2CN(c3ccnc(C)n3)CCO2)[nH]1. The normalized spacial score (nSPS) is 18.0. The van der Waals surface area contributed by atoms with Crippen LogP contribution >= 0.6 is 0 Å². The Labute approximate surface area is 134 Å². The molecule has 0 aromatic carbocycles. The molecule has 122 valence electrons. The van der Waals surface area contributed by atoms with Crippen LogP contribution in [0.25, 0.3) is 0 Å². The molecule has 1 aliphatic rings. The van der Waals surface area contributed by atoms with Gasteiger partial charge in [-0.3, -0.25) is 4.79 Å². The molecular weight excluding hydrogens is 296 g/mol. The second kappa shape index (κ2) is 6.74. The van der Waals surface area contributed by atoms with Crippen molar-refractivity contribution < 1.29 is 9.53 Å². The van der Waals surface area contributed by atoms with Crippen molar-refractivity contribution in [3.63, 3.8) is 0 Å². The number of nitrogens with one attached hydrogen (secondary N) is 2. The molecule has 1 fully saturated rings. The van der Waals surface area contributed by atoms with E-state index >= 15 is 0 Å². The summed E-state index contributed by atoms with van der Waals surface area (Å²) < 4.78 is 5.82. The Morgan fingerprint density at radius 2 is 2.39 bits per heavy atom. The number of imidazole rings is 1. The predicted octanol–water partition coefficient (Wildman–Crippen LogP) is 0.722. The number of anilines is 1. The molecule has 0 saturated carbocycles. The van der Waals surface area contributed by atoms with Crippen LogP contribution in [0.3, 0.4) is 0 Å². The Morgan fingerprint density at radius 1 is 1.52 bits per heavy atom. The minimum absolute atomic E-state index is 0.0691. The van der Waals surface area contributed by atoms with Crippen LogP contribution in [0.15, 0.2) is 18.5 Å². The number of carbonyl (C=O) groups is 1. The van der Waals surface area contributed by atoms with Crippen molar-refractivity contribution in [2.45, 2.75) is 26.5 Å². The lowest BCUT2D eigenvalue weighted by Gasteiger charge is -2.32. The molecule has 3 heterocycles. The van der Waals surface area contributed by atoms with Gasteiger partial charge >= 0.3 is 0 Å². The Morgan fingerprint density at radius 3 is 3.17 bits per heavy atom. The van der Waals surface area contributed by atoms with Crippen molar-refractivity contribution in [3.8, 4) is 0 Å². The topological polar surface area (TPSA) is 96.0 Å². The summed E-state index contributed by atoms with van der Waals surface area (Å²) in [6.07, 6.45) is 3.34. The number of hydrogen-bond donors (Lipinski definition) is 2. The largest absolute Gasteiger partial charge is 0.367 e. The third-order valence-electron chi connectivity index (χ3n) is 3.63. The van der Waals surface area contributed by atoms with Crippen LogP contribution in [0.4, 0.5) is 5.82 Å². The summed E-state index contributed by atoms with van der Waals surface area (Å²) in [5, 5.41) is 2.74. The van der Waals surface area contributed by atoms with Crippen LogP contribution in [0, 0.1) is 6.92 Å². The average Bonchev–Trinajstić information content (AvgIpc) is 3.02. The van der Waals surface area contributed by atoms with E-state index in [1.165, 1.54) is 6.92 Å². The van der Waals surface area contributed by atoms with Crippen molar-refractivity contribution in [2.75, 3.05) is 24.6 Å². The van der Waals surface area contributed by atoms with Gasteiger partial charge in [0, 0.05) is 19.7 Å². The van der Waals surface area contributed by atoms with Crippen molar-refractivity contribution in [1.29, 1.82) is 0 Å². The minimum atomic E-state index is -0.148. The van der Waals surface area contributed by atoms with Gasteiger partial charge in [-0.2, -0.15) is 0 Å². The first-order valence-corrected chi connectivity index (χ1v) is 7.56. The van der Waals surface area contributed by atoms with Crippen LogP contribution in [0.1, 0.15) is 30.4 Å². The summed E-state index contributed by atoms with van der Waals surface area (Å²) in [4.78, 5) is 29.3. The molecule has 8 heteroatoms. The summed E-state index contributed by atoms with van der Waals surface area (Å²) in [5.41, 5.74) is 0.855. The van der Waals surface area contributed by atoms with Crippen LogP contribution in [0.2, 0.25) is 0 Å². The highest BCUT2D eigenvalue weighted by Crippen LogP contribution is 2.23. The van der Waals surface area contributed by atoms with Gasteiger partial charge in [-0.1, -0.05) is 0 Å². The molecule has 2 N–H and O–H groups in total. The second-order valence-electron chi connectivity index (χ2n) is 5.47. The molecule has 8 nitrogen and oxygen atoms in total. The molecule has 3 rings (SSSR count). The number of nitrogens with zero attached hydrogens (tertiary/aromatic N) is 4. The number of aromatic nitrogens is 4. The first kappa shape index (κ1) is 15.4.